The number of amides is 1. The average Bonchev–Trinajstić information content (AvgIpc) is 2.71. The van der Waals surface area contributed by atoms with E-state index in [1.807, 2.05) is 49.6 Å². The number of carbonyl (C=O) groups is 1. The summed E-state index contributed by atoms with van der Waals surface area (Å²) in [5, 5.41) is 4.19. The van der Waals surface area contributed by atoms with Crippen molar-refractivity contribution < 1.29 is 4.79 Å². The van der Waals surface area contributed by atoms with Crippen molar-refractivity contribution in [3.8, 4) is 11.3 Å². The molecule has 0 unspecified atom stereocenters. The van der Waals surface area contributed by atoms with E-state index in [1.165, 1.54) is 17.3 Å². The largest absolute Gasteiger partial charge is 0.352 e. The number of aromatic nitrogens is 2. The maximum Gasteiger partial charge on any atom is 0.255 e. The molecule has 1 N–H and O–H groups in total. The van der Waals surface area contributed by atoms with Crippen LogP contribution in [0.2, 0.25) is 5.02 Å². The van der Waals surface area contributed by atoms with Gasteiger partial charge in [-0.15, -0.1) is 0 Å². The van der Waals surface area contributed by atoms with Crippen molar-refractivity contribution in [3.63, 3.8) is 0 Å². The second-order valence-electron chi connectivity index (χ2n) is 6.34. The van der Waals surface area contributed by atoms with Crippen LogP contribution in [0.15, 0.2) is 59.8 Å². The molecule has 28 heavy (non-hydrogen) atoms. The molecule has 0 saturated heterocycles. The maximum absolute atomic E-state index is 12.9. The Morgan fingerprint density at radius 3 is 2.50 bits per heavy atom. The molecule has 0 radical (unpaired) electrons. The highest BCUT2D eigenvalue weighted by Gasteiger charge is 2.21. The number of halogens is 1. The van der Waals surface area contributed by atoms with E-state index in [2.05, 4.69) is 27.4 Å². The summed E-state index contributed by atoms with van der Waals surface area (Å²) in [6.45, 7) is 2.42. The highest BCUT2D eigenvalue weighted by atomic mass is 35.5. The van der Waals surface area contributed by atoms with E-state index in [-0.39, 0.29) is 5.91 Å². The first-order chi connectivity index (χ1) is 13.6. The number of hydrogen-bond acceptors (Lipinski definition) is 4. The molecule has 1 heterocycles. The Bertz CT molecular complexity index is 963. The van der Waals surface area contributed by atoms with E-state index in [1.54, 1.807) is 6.07 Å². The van der Waals surface area contributed by atoms with Crippen LogP contribution < -0.4 is 5.32 Å². The SMILES string of the molecule is CSc1nc(C)c(C(=O)NCCCc2ccccc2)c(-c2ccccc2Cl)n1. The molecule has 0 aliphatic rings. The number of benzene rings is 2. The Hall–Kier alpha value is -2.37. The molecule has 4 nitrogen and oxygen atoms in total. The van der Waals surface area contributed by atoms with Gasteiger partial charge in [0, 0.05) is 17.1 Å². The van der Waals surface area contributed by atoms with E-state index in [4.69, 9.17) is 11.6 Å². The molecular formula is C22H22ClN3OS. The minimum absolute atomic E-state index is 0.173. The zero-order valence-corrected chi connectivity index (χ0v) is 17.5. The predicted molar refractivity (Wildman–Crippen MR) is 116 cm³/mol. The van der Waals surface area contributed by atoms with Crippen LogP contribution in [-0.2, 0) is 6.42 Å². The van der Waals surface area contributed by atoms with Crippen molar-refractivity contribution in [2.45, 2.75) is 24.9 Å². The van der Waals surface area contributed by atoms with E-state index < -0.39 is 0 Å². The molecule has 1 amide bonds. The third-order valence-electron chi connectivity index (χ3n) is 4.38. The maximum atomic E-state index is 12.9. The summed E-state index contributed by atoms with van der Waals surface area (Å²) < 4.78 is 0. The van der Waals surface area contributed by atoms with Gasteiger partial charge in [0.05, 0.1) is 17.0 Å². The molecule has 0 atom stereocenters. The first-order valence-electron chi connectivity index (χ1n) is 9.10. The molecule has 1 aromatic heterocycles. The number of hydrogen-bond donors (Lipinski definition) is 1. The number of aryl methyl sites for hydroxylation is 2. The van der Waals surface area contributed by atoms with Crippen LogP contribution in [0.3, 0.4) is 0 Å². The van der Waals surface area contributed by atoms with Gasteiger partial charge in [0.1, 0.15) is 0 Å². The number of rotatable bonds is 7. The van der Waals surface area contributed by atoms with E-state index in [0.717, 1.165) is 18.4 Å². The van der Waals surface area contributed by atoms with Gasteiger partial charge in [0.25, 0.3) is 5.91 Å². The second-order valence-corrected chi connectivity index (χ2v) is 7.52. The summed E-state index contributed by atoms with van der Waals surface area (Å²) >= 11 is 7.82. The molecule has 3 aromatic rings. The minimum Gasteiger partial charge on any atom is -0.352 e. The minimum atomic E-state index is -0.173. The zero-order valence-electron chi connectivity index (χ0n) is 15.9. The highest BCUT2D eigenvalue weighted by molar-refractivity contribution is 7.98. The fourth-order valence-corrected chi connectivity index (χ4v) is 3.62. The number of nitrogens with zero attached hydrogens (tertiary/aromatic N) is 2. The van der Waals surface area contributed by atoms with Crippen LogP contribution in [0.5, 0.6) is 0 Å². The summed E-state index contributed by atoms with van der Waals surface area (Å²) in [6.07, 6.45) is 3.69. The molecule has 144 valence electrons. The summed E-state index contributed by atoms with van der Waals surface area (Å²) in [5.74, 6) is -0.173. The van der Waals surface area contributed by atoms with Crippen molar-refractivity contribution in [2.75, 3.05) is 12.8 Å². The summed E-state index contributed by atoms with van der Waals surface area (Å²) in [4.78, 5) is 22.0. The molecular weight excluding hydrogens is 390 g/mol. The quantitative estimate of drug-likeness (QED) is 0.330. The molecule has 2 aromatic carbocycles. The lowest BCUT2D eigenvalue weighted by Gasteiger charge is -2.14. The molecule has 0 saturated carbocycles. The average molecular weight is 412 g/mol. The van der Waals surface area contributed by atoms with Gasteiger partial charge in [0.15, 0.2) is 5.16 Å². The predicted octanol–water partition coefficient (Wildman–Crippen LogP) is 5.19. The smallest absolute Gasteiger partial charge is 0.255 e. The lowest BCUT2D eigenvalue weighted by Crippen LogP contribution is -2.27. The second kappa shape index (κ2) is 9.71. The zero-order chi connectivity index (χ0) is 19.9. The fourth-order valence-electron chi connectivity index (χ4n) is 2.99. The molecule has 0 bridgehead atoms. The molecule has 0 aliphatic heterocycles. The van der Waals surface area contributed by atoms with Crippen LogP contribution in [0.25, 0.3) is 11.3 Å². The first-order valence-corrected chi connectivity index (χ1v) is 10.7. The van der Waals surface area contributed by atoms with Crippen LogP contribution in [-0.4, -0.2) is 28.7 Å². The Morgan fingerprint density at radius 2 is 1.79 bits per heavy atom. The number of nitrogens with one attached hydrogen (secondary N) is 1. The van der Waals surface area contributed by atoms with Crippen LogP contribution >= 0.6 is 23.4 Å². The van der Waals surface area contributed by atoms with Gasteiger partial charge >= 0.3 is 0 Å². The van der Waals surface area contributed by atoms with Crippen LogP contribution in [0.4, 0.5) is 0 Å². The third-order valence-corrected chi connectivity index (χ3v) is 5.26. The lowest BCUT2D eigenvalue weighted by molar-refractivity contribution is 0.0952. The van der Waals surface area contributed by atoms with Crippen molar-refractivity contribution in [1.82, 2.24) is 15.3 Å². The van der Waals surface area contributed by atoms with Gasteiger partial charge in [-0.25, -0.2) is 9.97 Å². The molecule has 0 spiro atoms. The summed E-state index contributed by atoms with van der Waals surface area (Å²) in [6, 6.07) is 17.7. The van der Waals surface area contributed by atoms with Crippen molar-refractivity contribution in [2.24, 2.45) is 0 Å². The van der Waals surface area contributed by atoms with Gasteiger partial charge in [-0.3, -0.25) is 4.79 Å². The molecule has 6 heteroatoms. The standard InChI is InChI=1S/C22H22ClN3OS/c1-15-19(21(27)24-14-8-11-16-9-4-3-5-10-16)20(26-22(25-15)28-2)17-12-6-7-13-18(17)23/h3-7,9-10,12-13H,8,11,14H2,1-2H3,(H,24,27). The highest BCUT2D eigenvalue weighted by Crippen LogP contribution is 2.31. The summed E-state index contributed by atoms with van der Waals surface area (Å²) in [7, 11) is 0. The third kappa shape index (κ3) is 4.91. The van der Waals surface area contributed by atoms with Gasteiger partial charge < -0.3 is 5.32 Å². The molecule has 0 fully saturated rings. The van der Waals surface area contributed by atoms with E-state index >= 15 is 0 Å². The van der Waals surface area contributed by atoms with Gasteiger partial charge in [-0.2, -0.15) is 0 Å². The lowest BCUT2D eigenvalue weighted by atomic mass is 10.0. The van der Waals surface area contributed by atoms with Gasteiger partial charge in [-0.1, -0.05) is 71.9 Å². The summed E-state index contributed by atoms with van der Waals surface area (Å²) in [5.41, 5.74) is 3.69. The normalized spacial score (nSPS) is 10.7. The van der Waals surface area contributed by atoms with E-state index in [9.17, 15) is 4.79 Å². The Morgan fingerprint density at radius 1 is 1.07 bits per heavy atom. The topological polar surface area (TPSA) is 54.9 Å². The number of carbonyl (C=O) groups excluding carboxylic acids is 1. The van der Waals surface area contributed by atoms with E-state index in [0.29, 0.717) is 33.7 Å². The van der Waals surface area contributed by atoms with Crippen molar-refractivity contribution >= 4 is 29.3 Å². The number of thioether (sulfide) groups is 1. The molecule has 3 rings (SSSR count). The first kappa shape index (κ1) is 20.4. The van der Waals surface area contributed by atoms with Crippen LogP contribution in [0, 0.1) is 6.92 Å². The Balaban J connectivity index is 1.80. The van der Waals surface area contributed by atoms with Crippen LogP contribution in [0.1, 0.15) is 28.0 Å². The molecule has 0 aliphatic carbocycles. The Labute approximate surface area is 174 Å². The monoisotopic (exact) mass is 411 g/mol. The van der Waals surface area contributed by atoms with Gasteiger partial charge in [-0.05, 0) is 37.7 Å². The van der Waals surface area contributed by atoms with Crippen molar-refractivity contribution in [3.05, 3.63) is 76.4 Å². The van der Waals surface area contributed by atoms with Crippen molar-refractivity contribution in [1.29, 1.82) is 0 Å². The fraction of sp³-hybridized carbons (Fsp3) is 0.227. The van der Waals surface area contributed by atoms with Gasteiger partial charge in [0.2, 0.25) is 0 Å². The Kier molecular flexibility index (Phi) is 7.06.